The minimum absolute atomic E-state index is 0.0234. The van der Waals surface area contributed by atoms with Gasteiger partial charge in [-0.2, -0.15) is 0 Å². The summed E-state index contributed by atoms with van der Waals surface area (Å²) in [5.74, 6) is 0.575. The van der Waals surface area contributed by atoms with E-state index < -0.39 is 5.54 Å². The van der Waals surface area contributed by atoms with Crippen LogP contribution in [0.5, 0.6) is 0 Å². The van der Waals surface area contributed by atoms with Crippen molar-refractivity contribution >= 4 is 0 Å². The third-order valence-corrected chi connectivity index (χ3v) is 12.3. The summed E-state index contributed by atoms with van der Waals surface area (Å²) in [5.41, 5.74) is 1.59. The Morgan fingerprint density at radius 2 is 1.74 bits per heavy atom. The summed E-state index contributed by atoms with van der Waals surface area (Å²) < 4.78 is 5.42. The Kier molecular flexibility index (Phi) is 3.08. The quantitative estimate of drug-likeness (QED) is 0.596. The van der Waals surface area contributed by atoms with Crippen LogP contribution in [0.25, 0.3) is 0 Å². The fraction of sp³-hybridized carbons (Fsp3) is 0.586. The molecule has 0 N–H and O–H groups in total. The van der Waals surface area contributed by atoms with Crippen molar-refractivity contribution in [2.24, 2.45) is 22.2 Å². The highest BCUT2D eigenvalue weighted by Gasteiger charge is 2.74. The van der Waals surface area contributed by atoms with E-state index in [9.17, 15) is 9.59 Å². The lowest BCUT2D eigenvalue weighted by Gasteiger charge is -2.71. The molecule has 4 bridgehead atoms. The van der Waals surface area contributed by atoms with Gasteiger partial charge in [0.15, 0.2) is 0 Å². The molecule has 9 rings (SSSR count). The summed E-state index contributed by atoms with van der Waals surface area (Å²) in [4.78, 5) is 28.6. The monoisotopic (exact) mass is 455 g/mol. The summed E-state index contributed by atoms with van der Waals surface area (Å²) in [6, 6.07) is 8.62. The Morgan fingerprint density at radius 1 is 0.941 bits per heavy atom. The first-order valence-electron chi connectivity index (χ1n) is 13.1. The van der Waals surface area contributed by atoms with Crippen molar-refractivity contribution in [3.63, 3.8) is 0 Å². The molecule has 7 atom stereocenters. The number of hydrogen-bond acceptors (Lipinski definition) is 2. The van der Waals surface area contributed by atoms with Crippen LogP contribution in [0.2, 0.25) is 0 Å². The van der Waals surface area contributed by atoms with E-state index in [-0.39, 0.29) is 45.1 Å². The number of rotatable bonds is 1. The van der Waals surface area contributed by atoms with Crippen molar-refractivity contribution in [1.82, 2.24) is 13.9 Å². The molecule has 5 heteroatoms. The van der Waals surface area contributed by atoms with Crippen molar-refractivity contribution in [2.75, 3.05) is 0 Å². The number of nitrogens with zero attached hydrogens (tertiary/aromatic N) is 3. The van der Waals surface area contributed by atoms with E-state index >= 15 is 0 Å². The molecule has 34 heavy (non-hydrogen) atoms. The second-order valence-electron chi connectivity index (χ2n) is 13.0. The van der Waals surface area contributed by atoms with Gasteiger partial charge in [-0.25, -0.2) is 23.5 Å². The average Bonchev–Trinajstić information content (AvgIpc) is 3.26. The van der Waals surface area contributed by atoms with Gasteiger partial charge >= 0.3 is 11.4 Å². The van der Waals surface area contributed by atoms with Crippen LogP contribution < -0.4 is 11.4 Å². The third-order valence-electron chi connectivity index (χ3n) is 12.3. The summed E-state index contributed by atoms with van der Waals surface area (Å²) >= 11 is 0. The maximum Gasteiger partial charge on any atom is 0.348 e. The number of benzene rings is 1. The van der Waals surface area contributed by atoms with E-state index in [1.165, 1.54) is 17.5 Å². The summed E-state index contributed by atoms with van der Waals surface area (Å²) in [5, 5.41) is 0. The fourth-order valence-corrected chi connectivity index (χ4v) is 10.0. The van der Waals surface area contributed by atoms with Crippen molar-refractivity contribution in [2.45, 2.75) is 82.8 Å². The molecule has 1 aromatic carbocycles. The van der Waals surface area contributed by atoms with Crippen molar-refractivity contribution in [3.8, 4) is 0 Å². The molecule has 2 aliphatic heterocycles. The van der Waals surface area contributed by atoms with Crippen LogP contribution in [0.15, 0.2) is 58.2 Å². The van der Waals surface area contributed by atoms with Crippen LogP contribution in [0, 0.1) is 22.2 Å². The fourth-order valence-electron chi connectivity index (χ4n) is 10.0. The summed E-state index contributed by atoms with van der Waals surface area (Å²) in [7, 11) is 0. The topological polar surface area (TPSA) is 48.9 Å². The predicted molar refractivity (Wildman–Crippen MR) is 131 cm³/mol. The van der Waals surface area contributed by atoms with Crippen LogP contribution in [0.3, 0.4) is 0 Å². The number of hydrogen-bond donors (Lipinski definition) is 0. The SMILES string of the molecule is CC1(C)C2CCC1(C)C(n1c(=O)n3n(c1=O)C1(C)C=CC3C34C=CC31c1ccccc1CC4)C2. The van der Waals surface area contributed by atoms with Crippen molar-refractivity contribution < 1.29 is 0 Å². The molecule has 2 fully saturated rings. The van der Waals surface area contributed by atoms with Gasteiger partial charge in [-0.05, 0) is 66.9 Å². The minimum Gasteiger partial charge on any atom is -0.246 e. The van der Waals surface area contributed by atoms with E-state index in [0.717, 1.165) is 25.7 Å². The summed E-state index contributed by atoms with van der Waals surface area (Å²) in [6.07, 6.45) is 14.4. The summed E-state index contributed by atoms with van der Waals surface area (Å²) in [6.45, 7) is 9.21. The Labute approximate surface area is 199 Å². The molecule has 0 radical (unpaired) electrons. The molecule has 0 spiro atoms. The first-order chi connectivity index (χ1) is 16.1. The zero-order valence-corrected chi connectivity index (χ0v) is 20.5. The van der Waals surface area contributed by atoms with Gasteiger partial charge in [0.25, 0.3) is 0 Å². The van der Waals surface area contributed by atoms with E-state index in [2.05, 4.69) is 76.3 Å². The lowest BCUT2D eigenvalue weighted by atomic mass is 9.37. The van der Waals surface area contributed by atoms with Gasteiger partial charge in [0.05, 0.1) is 17.0 Å². The molecule has 176 valence electrons. The average molecular weight is 456 g/mol. The van der Waals surface area contributed by atoms with Crippen LogP contribution >= 0.6 is 0 Å². The van der Waals surface area contributed by atoms with Gasteiger partial charge in [-0.1, -0.05) is 69.3 Å². The Hall–Kier alpha value is -2.56. The van der Waals surface area contributed by atoms with Gasteiger partial charge in [-0.3, -0.25) is 0 Å². The zero-order chi connectivity index (χ0) is 23.5. The normalized spacial score (nSPS) is 45.5. The number of allylic oxidation sites excluding steroid dienone is 4. The van der Waals surface area contributed by atoms with Gasteiger partial charge in [0.1, 0.15) is 0 Å². The molecular formula is C29H33N3O2. The molecule has 5 nitrogen and oxygen atoms in total. The van der Waals surface area contributed by atoms with E-state index in [4.69, 9.17) is 0 Å². The second-order valence-corrected chi connectivity index (χ2v) is 13.0. The highest BCUT2D eigenvalue weighted by Crippen LogP contribution is 2.73. The molecule has 2 saturated carbocycles. The van der Waals surface area contributed by atoms with Crippen LogP contribution in [0.1, 0.15) is 76.6 Å². The van der Waals surface area contributed by atoms with Crippen molar-refractivity contribution in [1.29, 1.82) is 0 Å². The molecular weight excluding hydrogens is 422 g/mol. The zero-order valence-electron chi connectivity index (χ0n) is 20.5. The van der Waals surface area contributed by atoms with Gasteiger partial charge in [0.2, 0.25) is 0 Å². The highest BCUT2D eigenvalue weighted by molar-refractivity contribution is 5.59. The van der Waals surface area contributed by atoms with Crippen LogP contribution in [-0.4, -0.2) is 13.9 Å². The molecule has 7 aliphatic rings. The number of aryl methyl sites for hydroxylation is 1. The van der Waals surface area contributed by atoms with E-state index in [1.54, 1.807) is 4.57 Å². The lowest BCUT2D eigenvalue weighted by molar-refractivity contribution is -0.0557. The largest absolute Gasteiger partial charge is 0.348 e. The minimum atomic E-state index is -0.609. The number of fused-ring (bicyclic) bond motifs is 3. The Morgan fingerprint density at radius 3 is 2.41 bits per heavy atom. The van der Waals surface area contributed by atoms with Crippen LogP contribution in [0.4, 0.5) is 0 Å². The maximum absolute atomic E-state index is 14.4. The lowest BCUT2D eigenvalue weighted by Crippen LogP contribution is -2.74. The second kappa shape index (κ2) is 5.32. The van der Waals surface area contributed by atoms with E-state index in [0.29, 0.717) is 5.92 Å². The van der Waals surface area contributed by atoms with Gasteiger partial charge in [-0.15, -0.1) is 0 Å². The first kappa shape index (κ1) is 19.7. The van der Waals surface area contributed by atoms with Crippen LogP contribution in [-0.2, 0) is 17.4 Å². The Balaban J connectivity index is 1.42. The highest BCUT2D eigenvalue weighted by atomic mass is 16.2. The Bertz CT molecular complexity index is 1490. The standard InChI is InChI=1S/C29H33N3O2/c1-25(2)19-10-12-26(25,3)22(17-19)30-23(33)31-21-11-13-27(4,32(31)24(30)34)29-16-15-28(21,29)14-9-18-7-5-6-8-20(18)29/h5-8,11,13,15-16,19,21-22H,9-10,12,14,17H2,1-4H3. The van der Waals surface area contributed by atoms with Gasteiger partial charge in [0, 0.05) is 11.5 Å². The maximum atomic E-state index is 14.4. The molecule has 0 amide bonds. The molecule has 7 unspecified atom stereocenters. The molecule has 5 aliphatic carbocycles. The molecule has 2 aromatic rings. The molecule has 0 saturated heterocycles. The van der Waals surface area contributed by atoms with Gasteiger partial charge < -0.3 is 0 Å². The third kappa shape index (κ3) is 1.59. The molecule has 3 heterocycles. The molecule has 1 aromatic heterocycles. The number of aromatic nitrogens is 3. The smallest absolute Gasteiger partial charge is 0.246 e. The first-order valence-corrected chi connectivity index (χ1v) is 13.1. The van der Waals surface area contributed by atoms with Crippen molar-refractivity contribution in [3.05, 3.63) is 80.7 Å². The predicted octanol–water partition coefficient (Wildman–Crippen LogP) is 4.48. The van der Waals surface area contributed by atoms with E-state index in [1.807, 2.05) is 9.36 Å².